The van der Waals surface area contributed by atoms with Crippen LogP contribution in [-0.2, 0) is 11.3 Å². The summed E-state index contributed by atoms with van der Waals surface area (Å²) in [6.45, 7) is 7.01. The quantitative estimate of drug-likeness (QED) is 0.899. The van der Waals surface area contributed by atoms with Crippen molar-refractivity contribution < 1.29 is 4.74 Å². The van der Waals surface area contributed by atoms with Gasteiger partial charge in [0.15, 0.2) is 0 Å². The number of thioether (sulfide) groups is 1. The van der Waals surface area contributed by atoms with E-state index in [0.717, 1.165) is 19.8 Å². The van der Waals surface area contributed by atoms with Crippen LogP contribution in [0.1, 0.15) is 19.4 Å². The van der Waals surface area contributed by atoms with Gasteiger partial charge in [-0.3, -0.25) is 0 Å². The highest BCUT2D eigenvalue weighted by Crippen LogP contribution is 2.34. The van der Waals surface area contributed by atoms with Gasteiger partial charge >= 0.3 is 0 Å². The summed E-state index contributed by atoms with van der Waals surface area (Å²) < 4.78 is 6.38. The summed E-state index contributed by atoms with van der Waals surface area (Å²) in [6.07, 6.45) is 0. The van der Waals surface area contributed by atoms with Gasteiger partial charge in [0.1, 0.15) is 0 Å². The van der Waals surface area contributed by atoms with Crippen molar-refractivity contribution in [1.29, 1.82) is 0 Å². The third-order valence-electron chi connectivity index (χ3n) is 2.61. The van der Waals surface area contributed by atoms with Crippen LogP contribution in [0.4, 0.5) is 0 Å². The average Bonchev–Trinajstić information content (AvgIpc) is 2.22. The standard InChI is InChI=1S/C13H18BrNOS/c1-9(2)15-6-10-3-4-13(12(14)5-10)17-11-7-16-8-11/h3-5,9,11,15H,6-8H2,1-2H3. The van der Waals surface area contributed by atoms with E-state index in [4.69, 9.17) is 4.74 Å². The highest BCUT2D eigenvalue weighted by Gasteiger charge is 2.20. The van der Waals surface area contributed by atoms with Gasteiger partial charge in [-0.25, -0.2) is 0 Å². The molecular weight excluding hydrogens is 298 g/mol. The van der Waals surface area contributed by atoms with Gasteiger partial charge in [-0.05, 0) is 33.6 Å². The van der Waals surface area contributed by atoms with Gasteiger partial charge in [0.05, 0.1) is 18.5 Å². The Hall–Kier alpha value is -0.0300. The first-order chi connectivity index (χ1) is 8.15. The molecule has 2 rings (SSSR count). The lowest BCUT2D eigenvalue weighted by Crippen LogP contribution is -2.30. The van der Waals surface area contributed by atoms with Gasteiger partial charge < -0.3 is 10.1 Å². The van der Waals surface area contributed by atoms with Crippen LogP contribution in [0.2, 0.25) is 0 Å². The molecule has 0 saturated carbocycles. The van der Waals surface area contributed by atoms with Gasteiger partial charge in [-0.15, -0.1) is 11.8 Å². The number of benzene rings is 1. The van der Waals surface area contributed by atoms with Crippen LogP contribution in [0.5, 0.6) is 0 Å². The van der Waals surface area contributed by atoms with Crippen LogP contribution in [0.25, 0.3) is 0 Å². The highest BCUT2D eigenvalue weighted by molar-refractivity contribution is 9.10. The number of ether oxygens (including phenoxy) is 1. The fourth-order valence-electron chi connectivity index (χ4n) is 1.53. The Balaban J connectivity index is 1.95. The minimum absolute atomic E-state index is 0.523. The van der Waals surface area contributed by atoms with Crippen LogP contribution in [0.15, 0.2) is 27.6 Å². The molecule has 0 amide bonds. The lowest BCUT2D eigenvalue weighted by Gasteiger charge is -2.25. The Morgan fingerprint density at radius 2 is 2.24 bits per heavy atom. The molecule has 1 aliphatic rings. The molecule has 1 saturated heterocycles. The van der Waals surface area contributed by atoms with E-state index in [9.17, 15) is 0 Å². The van der Waals surface area contributed by atoms with Gasteiger partial charge in [0.25, 0.3) is 0 Å². The maximum atomic E-state index is 5.19. The molecule has 0 radical (unpaired) electrons. The summed E-state index contributed by atoms with van der Waals surface area (Å²) in [7, 11) is 0. The van der Waals surface area contributed by atoms with E-state index in [1.807, 2.05) is 11.8 Å². The zero-order valence-corrected chi connectivity index (χ0v) is 12.6. The lowest BCUT2D eigenvalue weighted by atomic mass is 10.2. The Bertz CT molecular complexity index is 380. The van der Waals surface area contributed by atoms with E-state index in [2.05, 4.69) is 53.3 Å². The minimum atomic E-state index is 0.523. The molecule has 0 spiro atoms. The average molecular weight is 316 g/mol. The van der Waals surface area contributed by atoms with E-state index >= 15 is 0 Å². The largest absolute Gasteiger partial charge is 0.379 e. The molecule has 17 heavy (non-hydrogen) atoms. The second-order valence-corrected chi connectivity index (χ2v) is 6.77. The monoisotopic (exact) mass is 315 g/mol. The summed E-state index contributed by atoms with van der Waals surface area (Å²) in [5.41, 5.74) is 1.32. The molecule has 4 heteroatoms. The summed E-state index contributed by atoms with van der Waals surface area (Å²) in [5, 5.41) is 4.05. The van der Waals surface area contributed by atoms with E-state index in [1.165, 1.54) is 14.9 Å². The third kappa shape index (κ3) is 3.98. The maximum Gasteiger partial charge on any atom is 0.0611 e. The molecule has 0 atom stereocenters. The Morgan fingerprint density at radius 1 is 1.47 bits per heavy atom. The molecule has 94 valence electrons. The van der Waals surface area contributed by atoms with E-state index < -0.39 is 0 Å². The zero-order chi connectivity index (χ0) is 12.3. The first kappa shape index (κ1) is 13.4. The lowest BCUT2D eigenvalue weighted by molar-refractivity contribution is 0.0455. The molecule has 1 N–H and O–H groups in total. The second-order valence-electron chi connectivity index (χ2n) is 4.58. The van der Waals surface area contributed by atoms with Gasteiger partial charge in [0, 0.05) is 22.0 Å². The fraction of sp³-hybridized carbons (Fsp3) is 0.538. The molecule has 0 aliphatic carbocycles. The van der Waals surface area contributed by atoms with Crippen LogP contribution < -0.4 is 5.32 Å². The molecule has 0 unspecified atom stereocenters. The summed E-state index contributed by atoms with van der Waals surface area (Å²) >= 11 is 5.54. The smallest absolute Gasteiger partial charge is 0.0611 e. The SMILES string of the molecule is CC(C)NCc1ccc(SC2COC2)c(Br)c1. The van der Waals surface area contributed by atoms with Crippen molar-refractivity contribution in [1.82, 2.24) is 5.32 Å². The molecule has 1 fully saturated rings. The van der Waals surface area contributed by atoms with E-state index in [0.29, 0.717) is 11.3 Å². The van der Waals surface area contributed by atoms with Gasteiger partial charge in [-0.2, -0.15) is 0 Å². The van der Waals surface area contributed by atoms with Crippen molar-refractivity contribution in [2.24, 2.45) is 0 Å². The number of nitrogens with one attached hydrogen (secondary N) is 1. The maximum absolute atomic E-state index is 5.19. The predicted molar refractivity (Wildman–Crippen MR) is 76.6 cm³/mol. The van der Waals surface area contributed by atoms with Gasteiger partial charge in [-0.1, -0.05) is 19.9 Å². The number of hydrogen-bond acceptors (Lipinski definition) is 3. The van der Waals surface area contributed by atoms with Crippen molar-refractivity contribution in [3.8, 4) is 0 Å². The molecule has 1 aromatic rings. The number of hydrogen-bond donors (Lipinski definition) is 1. The second kappa shape index (κ2) is 6.23. The first-order valence-corrected chi connectivity index (χ1v) is 7.58. The number of rotatable bonds is 5. The van der Waals surface area contributed by atoms with Gasteiger partial charge in [0.2, 0.25) is 0 Å². The summed E-state index contributed by atoms with van der Waals surface area (Å²) in [5.74, 6) is 0. The fourth-order valence-corrected chi connectivity index (χ4v) is 3.25. The van der Waals surface area contributed by atoms with Crippen LogP contribution >= 0.6 is 27.7 Å². The van der Waals surface area contributed by atoms with E-state index in [-0.39, 0.29) is 0 Å². The molecule has 0 bridgehead atoms. The van der Waals surface area contributed by atoms with Crippen molar-refractivity contribution >= 4 is 27.7 Å². The molecule has 2 nitrogen and oxygen atoms in total. The van der Waals surface area contributed by atoms with Crippen molar-refractivity contribution in [2.75, 3.05) is 13.2 Å². The van der Waals surface area contributed by atoms with Crippen molar-refractivity contribution in [2.45, 2.75) is 36.6 Å². The Kier molecular flexibility index (Phi) is 4.91. The minimum Gasteiger partial charge on any atom is -0.379 e. The molecule has 1 aromatic carbocycles. The van der Waals surface area contributed by atoms with E-state index in [1.54, 1.807) is 0 Å². The number of halogens is 1. The topological polar surface area (TPSA) is 21.3 Å². The predicted octanol–water partition coefficient (Wildman–Crippen LogP) is 3.44. The molecule has 1 heterocycles. The third-order valence-corrected chi connectivity index (χ3v) is 4.75. The first-order valence-electron chi connectivity index (χ1n) is 5.91. The molecule has 1 aliphatic heterocycles. The Labute approximate surface area is 116 Å². The van der Waals surface area contributed by atoms with Crippen LogP contribution in [-0.4, -0.2) is 24.5 Å². The van der Waals surface area contributed by atoms with Crippen molar-refractivity contribution in [3.63, 3.8) is 0 Å². The summed E-state index contributed by atoms with van der Waals surface area (Å²) in [4.78, 5) is 1.31. The normalized spacial score (nSPS) is 16.2. The molecular formula is C13H18BrNOS. The zero-order valence-electron chi connectivity index (χ0n) is 10.2. The van der Waals surface area contributed by atoms with Crippen LogP contribution in [0, 0.1) is 0 Å². The summed E-state index contributed by atoms with van der Waals surface area (Å²) in [6, 6.07) is 7.12. The highest BCUT2D eigenvalue weighted by atomic mass is 79.9. The van der Waals surface area contributed by atoms with Crippen LogP contribution in [0.3, 0.4) is 0 Å². The Morgan fingerprint density at radius 3 is 2.76 bits per heavy atom. The van der Waals surface area contributed by atoms with Crippen molar-refractivity contribution in [3.05, 3.63) is 28.2 Å². The molecule has 0 aromatic heterocycles.